The summed E-state index contributed by atoms with van der Waals surface area (Å²) in [6, 6.07) is 6.02. The Labute approximate surface area is 157 Å². The third-order valence-corrected chi connectivity index (χ3v) is 6.40. The molecule has 1 aliphatic rings. The van der Waals surface area contributed by atoms with Gasteiger partial charge in [-0.15, -0.1) is 10.2 Å². The van der Waals surface area contributed by atoms with Crippen LogP contribution in [-0.2, 0) is 16.4 Å². The normalized spacial score (nSPS) is 14.3. The van der Waals surface area contributed by atoms with E-state index in [9.17, 15) is 13.2 Å². The summed E-state index contributed by atoms with van der Waals surface area (Å²) < 4.78 is 27.2. The van der Waals surface area contributed by atoms with E-state index in [-0.39, 0.29) is 16.5 Å². The second kappa shape index (κ2) is 8.24. The molecule has 1 fully saturated rings. The van der Waals surface area contributed by atoms with Crippen molar-refractivity contribution in [2.24, 2.45) is 0 Å². The van der Waals surface area contributed by atoms with Gasteiger partial charge in [0.2, 0.25) is 15.2 Å². The summed E-state index contributed by atoms with van der Waals surface area (Å²) in [4.78, 5) is 12.5. The standard InChI is InChI=1S/C17H22N4O3S2/c1-2-3-4-8-15-19-20-17(25-15)18-16(22)12-6-5-7-14(11-12)26(23,24)21-13-9-10-13/h5-7,11,13,21H,2-4,8-10H2,1H3,(H,18,20,22). The fourth-order valence-corrected chi connectivity index (χ4v) is 4.52. The zero-order chi connectivity index (χ0) is 18.6. The first-order chi connectivity index (χ1) is 12.5. The van der Waals surface area contributed by atoms with E-state index in [4.69, 9.17) is 0 Å². The highest BCUT2D eigenvalue weighted by Crippen LogP contribution is 2.23. The molecule has 0 radical (unpaired) electrons. The van der Waals surface area contributed by atoms with Crippen LogP contribution in [0.4, 0.5) is 5.13 Å². The van der Waals surface area contributed by atoms with Gasteiger partial charge in [-0.3, -0.25) is 10.1 Å². The number of rotatable bonds is 9. The molecule has 0 unspecified atom stereocenters. The van der Waals surface area contributed by atoms with Crippen molar-refractivity contribution in [2.45, 2.75) is 56.4 Å². The highest BCUT2D eigenvalue weighted by Gasteiger charge is 2.28. The average molecular weight is 395 g/mol. The van der Waals surface area contributed by atoms with Gasteiger partial charge in [0, 0.05) is 18.0 Å². The first kappa shape index (κ1) is 18.9. The zero-order valence-electron chi connectivity index (χ0n) is 14.6. The van der Waals surface area contributed by atoms with Crippen molar-refractivity contribution < 1.29 is 13.2 Å². The molecule has 0 atom stereocenters. The fourth-order valence-electron chi connectivity index (χ4n) is 2.39. The lowest BCUT2D eigenvalue weighted by atomic mass is 10.2. The Morgan fingerprint density at radius 1 is 1.27 bits per heavy atom. The van der Waals surface area contributed by atoms with Gasteiger partial charge in [0.1, 0.15) is 5.01 Å². The number of anilines is 1. The van der Waals surface area contributed by atoms with Crippen LogP contribution < -0.4 is 10.0 Å². The second-order valence-electron chi connectivity index (χ2n) is 6.34. The van der Waals surface area contributed by atoms with Crippen LogP contribution >= 0.6 is 11.3 Å². The monoisotopic (exact) mass is 394 g/mol. The zero-order valence-corrected chi connectivity index (χ0v) is 16.2. The van der Waals surface area contributed by atoms with Gasteiger partial charge < -0.3 is 0 Å². The van der Waals surface area contributed by atoms with Crippen LogP contribution in [0, 0.1) is 0 Å². The summed E-state index contributed by atoms with van der Waals surface area (Å²) in [5, 5.41) is 12.1. The van der Waals surface area contributed by atoms with Gasteiger partial charge in [-0.1, -0.05) is 37.2 Å². The Morgan fingerprint density at radius 2 is 2.08 bits per heavy atom. The number of carbonyl (C=O) groups excluding carboxylic acids is 1. The van der Waals surface area contributed by atoms with Crippen LogP contribution in [0.25, 0.3) is 0 Å². The Kier molecular flexibility index (Phi) is 6.00. The number of hydrogen-bond donors (Lipinski definition) is 2. The van der Waals surface area contributed by atoms with E-state index < -0.39 is 15.9 Å². The molecule has 1 aromatic carbocycles. The van der Waals surface area contributed by atoms with Crippen LogP contribution in [0.2, 0.25) is 0 Å². The third kappa shape index (κ3) is 5.09. The Morgan fingerprint density at radius 3 is 2.81 bits per heavy atom. The topological polar surface area (TPSA) is 101 Å². The molecule has 140 valence electrons. The van der Waals surface area contributed by atoms with E-state index >= 15 is 0 Å². The molecule has 0 saturated heterocycles. The van der Waals surface area contributed by atoms with Crippen molar-refractivity contribution >= 4 is 32.4 Å². The smallest absolute Gasteiger partial charge is 0.257 e. The largest absolute Gasteiger partial charge is 0.296 e. The summed E-state index contributed by atoms with van der Waals surface area (Å²) in [5.41, 5.74) is 0.270. The van der Waals surface area contributed by atoms with Crippen molar-refractivity contribution in [3.8, 4) is 0 Å². The second-order valence-corrected chi connectivity index (χ2v) is 9.11. The van der Waals surface area contributed by atoms with E-state index in [0.717, 1.165) is 43.5 Å². The van der Waals surface area contributed by atoms with E-state index in [0.29, 0.717) is 5.13 Å². The van der Waals surface area contributed by atoms with Crippen molar-refractivity contribution in [3.63, 3.8) is 0 Å². The molecule has 0 spiro atoms. The number of hydrogen-bond acceptors (Lipinski definition) is 6. The number of amides is 1. The Bertz CT molecular complexity index is 876. The molecule has 1 aromatic heterocycles. The van der Waals surface area contributed by atoms with Crippen molar-refractivity contribution in [3.05, 3.63) is 34.8 Å². The van der Waals surface area contributed by atoms with E-state index in [2.05, 4.69) is 27.2 Å². The van der Waals surface area contributed by atoms with Gasteiger partial charge in [-0.25, -0.2) is 13.1 Å². The molecule has 2 N–H and O–H groups in total. The number of aromatic nitrogens is 2. The van der Waals surface area contributed by atoms with Crippen molar-refractivity contribution in [1.29, 1.82) is 0 Å². The summed E-state index contributed by atoms with van der Waals surface area (Å²) in [7, 11) is -3.59. The number of carbonyl (C=O) groups is 1. The molecule has 3 rings (SSSR count). The molecule has 1 amide bonds. The maximum atomic E-state index is 12.4. The SMILES string of the molecule is CCCCCc1nnc(NC(=O)c2cccc(S(=O)(=O)NC3CC3)c2)s1. The lowest BCUT2D eigenvalue weighted by Gasteiger charge is -2.07. The molecule has 7 nitrogen and oxygen atoms in total. The van der Waals surface area contributed by atoms with Gasteiger partial charge in [-0.05, 0) is 37.5 Å². The minimum Gasteiger partial charge on any atom is -0.296 e. The van der Waals surface area contributed by atoms with Crippen LogP contribution in [0.5, 0.6) is 0 Å². The summed E-state index contributed by atoms with van der Waals surface area (Å²) >= 11 is 1.35. The molecular weight excluding hydrogens is 372 g/mol. The highest BCUT2D eigenvalue weighted by atomic mass is 32.2. The molecular formula is C17H22N4O3S2. The quantitative estimate of drug-likeness (QED) is 0.637. The van der Waals surface area contributed by atoms with E-state index in [1.807, 2.05) is 0 Å². The third-order valence-electron chi connectivity index (χ3n) is 3.99. The van der Waals surface area contributed by atoms with Crippen LogP contribution in [0.1, 0.15) is 54.4 Å². The molecule has 2 aromatic rings. The van der Waals surface area contributed by atoms with Gasteiger partial charge in [0.25, 0.3) is 5.91 Å². The molecule has 0 aliphatic heterocycles. The van der Waals surface area contributed by atoms with Crippen LogP contribution in [0.3, 0.4) is 0 Å². The molecule has 0 bridgehead atoms. The van der Waals surface area contributed by atoms with E-state index in [1.54, 1.807) is 12.1 Å². The fraction of sp³-hybridized carbons (Fsp3) is 0.471. The molecule has 1 heterocycles. The number of nitrogens with zero attached hydrogens (tertiary/aromatic N) is 2. The van der Waals surface area contributed by atoms with Crippen LogP contribution in [-0.4, -0.2) is 30.6 Å². The summed E-state index contributed by atoms with van der Waals surface area (Å²) in [6.45, 7) is 2.14. The number of aryl methyl sites for hydroxylation is 1. The first-order valence-corrected chi connectivity index (χ1v) is 11.0. The average Bonchev–Trinajstić information content (AvgIpc) is 3.31. The Balaban J connectivity index is 1.65. The molecule has 1 aliphatic carbocycles. The van der Waals surface area contributed by atoms with Gasteiger partial charge in [0.05, 0.1) is 4.90 Å². The maximum absolute atomic E-state index is 12.4. The van der Waals surface area contributed by atoms with Gasteiger partial charge >= 0.3 is 0 Å². The number of nitrogens with one attached hydrogen (secondary N) is 2. The molecule has 26 heavy (non-hydrogen) atoms. The minimum absolute atomic E-state index is 0.0185. The number of benzene rings is 1. The molecule has 9 heteroatoms. The highest BCUT2D eigenvalue weighted by molar-refractivity contribution is 7.89. The lowest BCUT2D eigenvalue weighted by Crippen LogP contribution is -2.26. The molecule has 1 saturated carbocycles. The number of unbranched alkanes of at least 4 members (excludes halogenated alkanes) is 2. The number of sulfonamides is 1. The predicted molar refractivity (Wildman–Crippen MR) is 101 cm³/mol. The van der Waals surface area contributed by atoms with Crippen molar-refractivity contribution in [2.75, 3.05) is 5.32 Å². The van der Waals surface area contributed by atoms with E-state index in [1.165, 1.54) is 23.5 Å². The predicted octanol–water partition coefficient (Wildman–Crippen LogP) is 2.96. The minimum atomic E-state index is -3.59. The Hall–Kier alpha value is -1.84. The lowest BCUT2D eigenvalue weighted by molar-refractivity contribution is 0.102. The summed E-state index contributed by atoms with van der Waals surface area (Å²) in [5.74, 6) is -0.398. The summed E-state index contributed by atoms with van der Waals surface area (Å²) in [6.07, 6.45) is 5.89. The van der Waals surface area contributed by atoms with Gasteiger partial charge in [0.15, 0.2) is 0 Å². The van der Waals surface area contributed by atoms with Crippen LogP contribution in [0.15, 0.2) is 29.2 Å². The van der Waals surface area contributed by atoms with Crippen molar-refractivity contribution in [1.82, 2.24) is 14.9 Å². The van der Waals surface area contributed by atoms with Gasteiger partial charge in [-0.2, -0.15) is 0 Å². The maximum Gasteiger partial charge on any atom is 0.257 e. The first-order valence-electron chi connectivity index (χ1n) is 8.74.